The Morgan fingerprint density at radius 2 is 1.91 bits per heavy atom. The molecule has 0 aromatic carbocycles. The summed E-state index contributed by atoms with van der Waals surface area (Å²) in [5.74, 6) is 3.10. The molecule has 1 heteroatoms. The number of hydrogen-bond acceptors (Lipinski definition) is 1. The normalized spacial score (nSPS) is 48.2. The highest BCUT2D eigenvalue weighted by atomic mass is 14.8. The summed E-state index contributed by atoms with van der Waals surface area (Å²) in [6.07, 6.45) is 0. The van der Waals surface area contributed by atoms with Crippen LogP contribution in [0.25, 0.3) is 0 Å². The molecule has 0 amide bonds. The molecule has 0 radical (unpaired) electrons. The lowest BCUT2D eigenvalue weighted by Gasteiger charge is -2.42. The van der Waals surface area contributed by atoms with E-state index in [1.54, 1.807) is 0 Å². The summed E-state index contributed by atoms with van der Waals surface area (Å²) in [6.45, 7) is 10.6. The van der Waals surface area contributed by atoms with E-state index in [0.29, 0.717) is 5.92 Å². The maximum atomic E-state index is 6.07. The van der Waals surface area contributed by atoms with Gasteiger partial charge in [-0.25, -0.2) is 0 Å². The Bertz CT molecular complexity index is 211. The molecule has 0 spiro atoms. The van der Waals surface area contributed by atoms with Gasteiger partial charge in [-0.3, -0.25) is 0 Å². The summed E-state index contributed by atoms with van der Waals surface area (Å²) < 4.78 is 0. The molecule has 1 nitrogen and oxygen atoms in total. The molecule has 0 bridgehead atoms. The van der Waals surface area contributed by atoms with Crippen molar-refractivity contribution in [3.63, 3.8) is 0 Å². The zero-order valence-corrected chi connectivity index (χ0v) is 7.59. The first kappa shape index (κ1) is 7.35. The van der Waals surface area contributed by atoms with E-state index in [1.165, 1.54) is 5.57 Å². The highest BCUT2D eigenvalue weighted by molar-refractivity contribution is 5.38. The van der Waals surface area contributed by atoms with E-state index >= 15 is 0 Å². The molecule has 62 valence electrons. The smallest absolute Gasteiger partial charge is 0.0134 e. The molecule has 0 aromatic rings. The van der Waals surface area contributed by atoms with E-state index in [1.807, 2.05) is 0 Å². The molecule has 2 fully saturated rings. The van der Waals surface area contributed by atoms with Crippen molar-refractivity contribution in [1.29, 1.82) is 0 Å². The standard InChI is InChI=1S/C10H17N/c1-5-7-6(2)9(8(5)7)10(3,4)11/h6-9H,1,11H2,2-4H3/t6-,7?,8?,9?/m1/s1. The maximum absolute atomic E-state index is 6.07. The van der Waals surface area contributed by atoms with Crippen LogP contribution in [0, 0.1) is 23.7 Å². The van der Waals surface area contributed by atoms with E-state index in [9.17, 15) is 0 Å². The van der Waals surface area contributed by atoms with Crippen LogP contribution in [0.2, 0.25) is 0 Å². The predicted molar refractivity (Wildman–Crippen MR) is 47.0 cm³/mol. The van der Waals surface area contributed by atoms with Crippen LogP contribution >= 0.6 is 0 Å². The number of allylic oxidation sites excluding steroid dienone is 1. The van der Waals surface area contributed by atoms with Gasteiger partial charge in [-0.15, -0.1) is 0 Å². The van der Waals surface area contributed by atoms with Crippen LogP contribution in [0.4, 0.5) is 0 Å². The monoisotopic (exact) mass is 151 g/mol. The average Bonchev–Trinajstić information content (AvgIpc) is 2.31. The van der Waals surface area contributed by atoms with Crippen LogP contribution < -0.4 is 5.73 Å². The molecule has 2 aliphatic rings. The SMILES string of the molecule is C=C1C2C1[C@@H](C)C2C(C)(C)N. The van der Waals surface area contributed by atoms with Gasteiger partial charge < -0.3 is 5.73 Å². The molecule has 0 aliphatic heterocycles. The number of hydrogen-bond donors (Lipinski definition) is 1. The fourth-order valence-corrected chi connectivity index (χ4v) is 3.03. The van der Waals surface area contributed by atoms with Gasteiger partial charge in [0.1, 0.15) is 0 Å². The lowest BCUT2D eigenvalue weighted by atomic mass is 9.66. The second-order valence-corrected chi connectivity index (χ2v) is 4.83. The molecule has 2 saturated carbocycles. The van der Waals surface area contributed by atoms with Crippen molar-refractivity contribution in [2.75, 3.05) is 0 Å². The Morgan fingerprint density at radius 3 is 2.09 bits per heavy atom. The van der Waals surface area contributed by atoms with Crippen molar-refractivity contribution < 1.29 is 0 Å². The third-order valence-corrected chi connectivity index (χ3v) is 3.51. The summed E-state index contributed by atoms with van der Waals surface area (Å²) in [5, 5.41) is 0. The summed E-state index contributed by atoms with van der Waals surface area (Å²) >= 11 is 0. The van der Waals surface area contributed by atoms with Gasteiger partial charge in [-0.05, 0) is 37.5 Å². The lowest BCUT2D eigenvalue weighted by molar-refractivity contribution is 0.0963. The molecule has 0 heterocycles. The largest absolute Gasteiger partial charge is 0.325 e. The Balaban J connectivity index is 2.14. The van der Waals surface area contributed by atoms with E-state index < -0.39 is 0 Å². The molecule has 11 heavy (non-hydrogen) atoms. The van der Waals surface area contributed by atoms with Gasteiger partial charge in [0.2, 0.25) is 0 Å². The molecule has 4 atom stereocenters. The molecule has 3 unspecified atom stereocenters. The van der Waals surface area contributed by atoms with Crippen LogP contribution in [0.15, 0.2) is 12.2 Å². The van der Waals surface area contributed by atoms with Gasteiger partial charge >= 0.3 is 0 Å². The minimum absolute atomic E-state index is 0.0000231. The Kier molecular flexibility index (Phi) is 1.15. The predicted octanol–water partition coefficient (Wildman–Crippen LogP) is 1.79. The van der Waals surface area contributed by atoms with Crippen LogP contribution in [-0.4, -0.2) is 5.54 Å². The van der Waals surface area contributed by atoms with E-state index in [-0.39, 0.29) is 5.54 Å². The van der Waals surface area contributed by atoms with Gasteiger partial charge in [-0.1, -0.05) is 19.1 Å². The molecule has 2 rings (SSSR count). The van der Waals surface area contributed by atoms with Crippen LogP contribution in [0.1, 0.15) is 20.8 Å². The molecular formula is C10H17N. The summed E-state index contributed by atoms with van der Waals surface area (Å²) in [7, 11) is 0. The fourth-order valence-electron chi connectivity index (χ4n) is 3.03. The number of fused-ring (bicyclic) bond motifs is 1. The zero-order valence-electron chi connectivity index (χ0n) is 7.59. The van der Waals surface area contributed by atoms with Crippen molar-refractivity contribution in [2.45, 2.75) is 26.3 Å². The van der Waals surface area contributed by atoms with Crippen LogP contribution in [0.3, 0.4) is 0 Å². The Morgan fingerprint density at radius 1 is 1.36 bits per heavy atom. The molecule has 2 N–H and O–H groups in total. The fraction of sp³-hybridized carbons (Fsp3) is 0.800. The van der Waals surface area contributed by atoms with Crippen molar-refractivity contribution >= 4 is 0 Å². The second kappa shape index (κ2) is 1.71. The van der Waals surface area contributed by atoms with E-state index in [4.69, 9.17) is 5.73 Å². The lowest BCUT2D eigenvalue weighted by Crippen LogP contribution is -2.50. The summed E-state index contributed by atoms with van der Waals surface area (Å²) in [5.41, 5.74) is 7.53. The summed E-state index contributed by atoms with van der Waals surface area (Å²) in [4.78, 5) is 0. The van der Waals surface area contributed by atoms with Crippen molar-refractivity contribution in [3.05, 3.63) is 12.2 Å². The third-order valence-electron chi connectivity index (χ3n) is 3.51. The van der Waals surface area contributed by atoms with Gasteiger partial charge in [-0.2, -0.15) is 0 Å². The highest BCUT2D eigenvalue weighted by Crippen LogP contribution is 2.69. The number of nitrogens with two attached hydrogens (primary N) is 1. The zero-order chi connectivity index (χ0) is 8.39. The Hall–Kier alpha value is -0.300. The van der Waals surface area contributed by atoms with E-state index in [0.717, 1.165) is 17.8 Å². The van der Waals surface area contributed by atoms with Gasteiger partial charge in [0.25, 0.3) is 0 Å². The second-order valence-electron chi connectivity index (χ2n) is 4.83. The first-order valence-corrected chi connectivity index (χ1v) is 4.42. The molecule has 2 aliphatic carbocycles. The first-order chi connectivity index (χ1) is 4.94. The minimum Gasteiger partial charge on any atom is -0.325 e. The van der Waals surface area contributed by atoms with Crippen LogP contribution in [-0.2, 0) is 0 Å². The minimum atomic E-state index is 0.0000231. The van der Waals surface area contributed by atoms with Crippen molar-refractivity contribution in [3.8, 4) is 0 Å². The van der Waals surface area contributed by atoms with Gasteiger partial charge in [0.05, 0.1) is 0 Å². The van der Waals surface area contributed by atoms with Crippen LogP contribution in [0.5, 0.6) is 0 Å². The van der Waals surface area contributed by atoms with Gasteiger partial charge in [0, 0.05) is 5.54 Å². The average molecular weight is 151 g/mol. The quantitative estimate of drug-likeness (QED) is 0.568. The third kappa shape index (κ3) is 0.750. The van der Waals surface area contributed by atoms with Gasteiger partial charge in [0.15, 0.2) is 0 Å². The maximum Gasteiger partial charge on any atom is 0.0134 e. The van der Waals surface area contributed by atoms with Crippen molar-refractivity contribution in [1.82, 2.24) is 0 Å². The first-order valence-electron chi connectivity index (χ1n) is 4.42. The molecule has 0 saturated heterocycles. The van der Waals surface area contributed by atoms with E-state index in [2.05, 4.69) is 27.4 Å². The number of rotatable bonds is 1. The molecular weight excluding hydrogens is 134 g/mol. The Labute approximate surface area is 68.7 Å². The summed E-state index contributed by atoms with van der Waals surface area (Å²) in [6, 6.07) is 0. The topological polar surface area (TPSA) is 26.0 Å². The van der Waals surface area contributed by atoms with Crippen molar-refractivity contribution in [2.24, 2.45) is 29.4 Å². The molecule has 0 aromatic heterocycles. The highest BCUT2D eigenvalue weighted by Gasteiger charge is 2.65.